The molecule has 438 valence electrons. The average molecular weight is 1050 g/mol. The van der Waals surface area contributed by atoms with Gasteiger partial charge in [0, 0.05) is 19.3 Å². The van der Waals surface area contributed by atoms with E-state index in [9.17, 15) is 14.4 Å². The summed E-state index contributed by atoms with van der Waals surface area (Å²) >= 11 is 0. The molecule has 1 atom stereocenters. The van der Waals surface area contributed by atoms with Crippen molar-refractivity contribution in [2.45, 2.75) is 361 Å². The van der Waals surface area contributed by atoms with Gasteiger partial charge in [-0.05, 0) is 89.9 Å². The summed E-state index contributed by atoms with van der Waals surface area (Å²) < 4.78 is 16.9. The maximum absolute atomic E-state index is 12.8. The lowest BCUT2D eigenvalue weighted by Crippen LogP contribution is -2.30. The number of hydrogen-bond donors (Lipinski definition) is 0. The molecule has 0 aromatic carbocycles. The molecular formula is C69H126O6. The lowest BCUT2D eigenvalue weighted by molar-refractivity contribution is -0.167. The standard InChI is InChI=1S/C69H126O6/c1-4-7-10-13-16-19-22-24-25-26-27-28-29-30-31-32-33-34-35-36-37-38-39-40-41-42-43-45-47-50-53-56-59-62-68(71)74-65-66(64-73-67(70)61-58-55-52-49-46-21-18-15-12-9-6-3)75-69(72)63-60-57-54-51-48-44-23-20-17-14-11-8-5-2/h11,14-15,18,20,23,26-27,66H,4-10,12-13,16-17,19,21-22,24-25,28-65H2,1-3H3/b14-11-,18-15-,23-20-,27-26-. The molecule has 0 heterocycles. The van der Waals surface area contributed by atoms with Crippen LogP contribution >= 0.6 is 0 Å². The largest absolute Gasteiger partial charge is 0.462 e. The molecule has 0 aromatic heterocycles. The third kappa shape index (κ3) is 62.1. The van der Waals surface area contributed by atoms with Crippen molar-refractivity contribution in [3.63, 3.8) is 0 Å². The molecule has 0 bridgehead atoms. The van der Waals surface area contributed by atoms with Crippen LogP contribution in [0.1, 0.15) is 355 Å². The monoisotopic (exact) mass is 1050 g/mol. The minimum atomic E-state index is -0.781. The molecule has 0 saturated carbocycles. The molecule has 0 amide bonds. The van der Waals surface area contributed by atoms with Crippen LogP contribution in [-0.2, 0) is 28.6 Å². The predicted molar refractivity (Wildman–Crippen MR) is 325 cm³/mol. The van der Waals surface area contributed by atoms with Gasteiger partial charge in [0.15, 0.2) is 6.10 Å². The van der Waals surface area contributed by atoms with Gasteiger partial charge in [-0.1, -0.05) is 294 Å². The molecule has 0 radical (unpaired) electrons. The molecule has 0 spiro atoms. The Balaban J connectivity index is 4.02. The van der Waals surface area contributed by atoms with Crippen molar-refractivity contribution in [2.75, 3.05) is 13.2 Å². The Morgan fingerprint density at radius 3 is 0.840 bits per heavy atom. The van der Waals surface area contributed by atoms with Crippen molar-refractivity contribution in [1.29, 1.82) is 0 Å². The number of rotatable bonds is 61. The van der Waals surface area contributed by atoms with E-state index in [1.54, 1.807) is 0 Å². The van der Waals surface area contributed by atoms with Gasteiger partial charge < -0.3 is 14.2 Å². The summed E-state index contributed by atoms with van der Waals surface area (Å²) in [5.74, 6) is -0.887. The van der Waals surface area contributed by atoms with Crippen molar-refractivity contribution in [3.8, 4) is 0 Å². The predicted octanol–water partition coefficient (Wildman–Crippen LogP) is 22.6. The lowest BCUT2D eigenvalue weighted by atomic mass is 10.0. The second kappa shape index (κ2) is 63.9. The Kier molecular flexibility index (Phi) is 61.7. The van der Waals surface area contributed by atoms with E-state index in [2.05, 4.69) is 69.4 Å². The quantitative estimate of drug-likeness (QED) is 0.0261. The Morgan fingerprint density at radius 2 is 0.520 bits per heavy atom. The van der Waals surface area contributed by atoms with E-state index in [0.29, 0.717) is 19.3 Å². The second-order valence-corrected chi connectivity index (χ2v) is 22.4. The van der Waals surface area contributed by atoms with Gasteiger partial charge in [-0.3, -0.25) is 14.4 Å². The molecule has 0 aliphatic carbocycles. The van der Waals surface area contributed by atoms with Gasteiger partial charge in [0.05, 0.1) is 0 Å². The van der Waals surface area contributed by atoms with E-state index in [4.69, 9.17) is 14.2 Å². The summed E-state index contributed by atoms with van der Waals surface area (Å²) in [7, 11) is 0. The third-order valence-electron chi connectivity index (χ3n) is 14.8. The first-order valence-electron chi connectivity index (χ1n) is 33.1. The van der Waals surface area contributed by atoms with Crippen molar-refractivity contribution in [1.82, 2.24) is 0 Å². The normalized spacial score (nSPS) is 12.3. The fourth-order valence-electron chi connectivity index (χ4n) is 9.75. The molecule has 6 nitrogen and oxygen atoms in total. The van der Waals surface area contributed by atoms with Crippen molar-refractivity contribution in [3.05, 3.63) is 48.6 Å². The van der Waals surface area contributed by atoms with Crippen LogP contribution in [0.15, 0.2) is 48.6 Å². The van der Waals surface area contributed by atoms with Crippen LogP contribution in [0.25, 0.3) is 0 Å². The minimum absolute atomic E-state index is 0.0784. The molecule has 0 saturated heterocycles. The Labute approximate surface area is 467 Å². The molecule has 1 unspecified atom stereocenters. The zero-order valence-electron chi connectivity index (χ0n) is 50.3. The highest BCUT2D eigenvalue weighted by Crippen LogP contribution is 2.18. The summed E-state index contributed by atoms with van der Waals surface area (Å²) in [5.41, 5.74) is 0. The number of carbonyl (C=O) groups excluding carboxylic acids is 3. The number of allylic oxidation sites excluding steroid dienone is 8. The molecule has 75 heavy (non-hydrogen) atoms. The number of ether oxygens (including phenoxy) is 3. The van der Waals surface area contributed by atoms with Gasteiger partial charge in [0.2, 0.25) is 0 Å². The highest BCUT2D eigenvalue weighted by molar-refractivity contribution is 5.71. The Hall–Kier alpha value is -2.63. The van der Waals surface area contributed by atoms with Crippen LogP contribution < -0.4 is 0 Å². The zero-order valence-corrected chi connectivity index (χ0v) is 50.3. The molecule has 0 aromatic rings. The van der Waals surface area contributed by atoms with Gasteiger partial charge in [0.25, 0.3) is 0 Å². The number of hydrogen-bond acceptors (Lipinski definition) is 6. The maximum atomic E-state index is 12.8. The molecule has 0 aliphatic heterocycles. The van der Waals surface area contributed by atoms with E-state index in [1.165, 1.54) is 218 Å². The van der Waals surface area contributed by atoms with E-state index in [-0.39, 0.29) is 31.1 Å². The maximum Gasteiger partial charge on any atom is 0.306 e. The van der Waals surface area contributed by atoms with Crippen LogP contribution in [0.3, 0.4) is 0 Å². The van der Waals surface area contributed by atoms with Gasteiger partial charge in [-0.2, -0.15) is 0 Å². The summed E-state index contributed by atoms with van der Waals surface area (Å²) in [4.78, 5) is 38.1. The van der Waals surface area contributed by atoms with Crippen molar-refractivity contribution >= 4 is 17.9 Å². The molecule has 0 N–H and O–H groups in total. The number of unbranched alkanes of at least 4 members (excludes halogenated alkanes) is 42. The van der Waals surface area contributed by atoms with Crippen molar-refractivity contribution < 1.29 is 28.6 Å². The number of carbonyl (C=O) groups is 3. The summed E-state index contributed by atoms with van der Waals surface area (Å²) in [6.07, 6.45) is 80.2. The fraction of sp³-hybridized carbons (Fsp3) is 0.841. The van der Waals surface area contributed by atoms with E-state index in [0.717, 1.165) is 96.3 Å². The molecule has 0 fully saturated rings. The molecule has 0 aliphatic rings. The summed E-state index contributed by atoms with van der Waals surface area (Å²) in [6.45, 7) is 6.56. The highest BCUT2D eigenvalue weighted by atomic mass is 16.6. The minimum Gasteiger partial charge on any atom is -0.462 e. The molecule has 6 heteroatoms. The van der Waals surface area contributed by atoms with Gasteiger partial charge >= 0.3 is 17.9 Å². The lowest BCUT2D eigenvalue weighted by Gasteiger charge is -2.18. The van der Waals surface area contributed by atoms with Crippen LogP contribution in [0.2, 0.25) is 0 Å². The van der Waals surface area contributed by atoms with Crippen LogP contribution in [0.5, 0.6) is 0 Å². The number of esters is 3. The first kappa shape index (κ1) is 72.4. The fourth-order valence-corrected chi connectivity index (χ4v) is 9.75. The van der Waals surface area contributed by atoms with Crippen LogP contribution in [0, 0.1) is 0 Å². The smallest absolute Gasteiger partial charge is 0.306 e. The van der Waals surface area contributed by atoms with Gasteiger partial charge in [0.1, 0.15) is 13.2 Å². The molecule has 0 rings (SSSR count). The van der Waals surface area contributed by atoms with Gasteiger partial charge in [-0.15, -0.1) is 0 Å². The van der Waals surface area contributed by atoms with E-state index >= 15 is 0 Å². The molecular weight excluding hydrogens is 925 g/mol. The third-order valence-corrected chi connectivity index (χ3v) is 14.8. The Morgan fingerprint density at radius 1 is 0.267 bits per heavy atom. The SMILES string of the molecule is CCC/C=C\C/C=C\CCCCCCCC(=O)OC(COC(=O)CCCCCCC/C=C\CCCC)COC(=O)CCCCCCCCCCCCCCCCCCCCCCC/C=C\CCCCCCCCCC. The van der Waals surface area contributed by atoms with Gasteiger partial charge in [-0.25, -0.2) is 0 Å². The summed E-state index contributed by atoms with van der Waals surface area (Å²) in [6, 6.07) is 0. The highest BCUT2D eigenvalue weighted by Gasteiger charge is 2.19. The topological polar surface area (TPSA) is 78.9 Å². The van der Waals surface area contributed by atoms with Crippen LogP contribution in [-0.4, -0.2) is 37.2 Å². The van der Waals surface area contributed by atoms with E-state index in [1.807, 2.05) is 0 Å². The van der Waals surface area contributed by atoms with Crippen molar-refractivity contribution in [2.24, 2.45) is 0 Å². The summed E-state index contributed by atoms with van der Waals surface area (Å²) in [5, 5.41) is 0. The Bertz CT molecular complexity index is 1300. The first-order chi connectivity index (χ1) is 37.0. The zero-order chi connectivity index (χ0) is 54.3. The second-order valence-electron chi connectivity index (χ2n) is 22.4. The first-order valence-corrected chi connectivity index (χ1v) is 33.1. The van der Waals surface area contributed by atoms with Crippen LogP contribution in [0.4, 0.5) is 0 Å². The average Bonchev–Trinajstić information content (AvgIpc) is 3.41. The van der Waals surface area contributed by atoms with E-state index < -0.39 is 6.10 Å².